The second-order valence-corrected chi connectivity index (χ2v) is 6.04. The number of benzene rings is 1. The first-order valence-corrected chi connectivity index (χ1v) is 8.62. The molecule has 3 aromatic rings. The second kappa shape index (κ2) is 7.87. The Labute approximate surface area is 158 Å². The van der Waals surface area contributed by atoms with Gasteiger partial charge in [0, 0.05) is 5.56 Å². The van der Waals surface area contributed by atoms with Crippen molar-refractivity contribution in [2.24, 2.45) is 0 Å². The first-order chi connectivity index (χ1) is 13.3. The molecule has 0 unspecified atom stereocenters. The van der Waals surface area contributed by atoms with Gasteiger partial charge in [0.15, 0.2) is 11.3 Å². The highest BCUT2D eigenvalue weighted by molar-refractivity contribution is 5.96. The van der Waals surface area contributed by atoms with Crippen molar-refractivity contribution in [3.05, 3.63) is 47.8 Å². The predicted octanol–water partition coefficient (Wildman–Crippen LogP) is 4.38. The SMILES string of the molecule is CCCCOC(=O)c1cnn2c(C(F)(F)F)cc(-c3cccc(OC)c3)nc12. The molecule has 0 spiro atoms. The minimum atomic E-state index is -4.69. The molecule has 6 nitrogen and oxygen atoms in total. The number of carbonyl (C=O) groups is 1. The van der Waals surface area contributed by atoms with E-state index < -0.39 is 17.8 Å². The number of alkyl halides is 3. The third-order valence-electron chi connectivity index (χ3n) is 4.08. The zero-order chi connectivity index (χ0) is 20.3. The molecule has 0 saturated heterocycles. The third kappa shape index (κ3) is 3.92. The number of unbranched alkanes of at least 4 members (excludes halogenated alkanes) is 1. The molecule has 0 aliphatic rings. The molecule has 0 saturated carbocycles. The van der Waals surface area contributed by atoms with Crippen molar-refractivity contribution in [1.29, 1.82) is 0 Å². The second-order valence-electron chi connectivity index (χ2n) is 6.04. The Morgan fingerprint density at radius 3 is 2.71 bits per heavy atom. The maximum absolute atomic E-state index is 13.6. The number of rotatable bonds is 6. The van der Waals surface area contributed by atoms with E-state index in [2.05, 4.69) is 10.1 Å². The van der Waals surface area contributed by atoms with Gasteiger partial charge in [-0.25, -0.2) is 14.3 Å². The van der Waals surface area contributed by atoms with Gasteiger partial charge < -0.3 is 9.47 Å². The molecule has 0 bridgehead atoms. The van der Waals surface area contributed by atoms with Crippen LogP contribution < -0.4 is 4.74 Å². The van der Waals surface area contributed by atoms with Crippen molar-refractivity contribution in [1.82, 2.24) is 14.6 Å². The van der Waals surface area contributed by atoms with Crippen molar-refractivity contribution in [3.8, 4) is 17.0 Å². The molecule has 0 fully saturated rings. The quantitative estimate of drug-likeness (QED) is 0.459. The van der Waals surface area contributed by atoms with Crippen molar-refractivity contribution in [2.75, 3.05) is 13.7 Å². The van der Waals surface area contributed by atoms with Crippen LogP contribution in [-0.4, -0.2) is 34.3 Å². The van der Waals surface area contributed by atoms with Crippen LogP contribution in [0.5, 0.6) is 5.75 Å². The van der Waals surface area contributed by atoms with Crippen molar-refractivity contribution >= 4 is 11.6 Å². The molecule has 9 heteroatoms. The Morgan fingerprint density at radius 2 is 2.04 bits per heavy atom. The normalized spacial score (nSPS) is 11.6. The molecule has 2 heterocycles. The molecule has 1 aromatic carbocycles. The zero-order valence-corrected chi connectivity index (χ0v) is 15.3. The summed E-state index contributed by atoms with van der Waals surface area (Å²) in [4.78, 5) is 16.5. The zero-order valence-electron chi connectivity index (χ0n) is 15.3. The highest BCUT2D eigenvalue weighted by Gasteiger charge is 2.36. The number of carbonyl (C=O) groups excluding carboxylic acids is 1. The average Bonchev–Trinajstić information content (AvgIpc) is 3.10. The van der Waals surface area contributed by atoms with Gasteiger partial charge in [0.05, 0.1) is 25.6 Å². The van der Waals surface area contributed by atoms with Gasteiger partial charge in [0.1, 0.15) is 11.3 Å². The molecule has 0 atom stereocenters. The van der Waals surface area contributed by atoms with Crippen LogP contribution in [0.1, 0.15) is 35.8 Å². The number of halogens is 3. The summed E-state index contributed by atoms with van der Waals surface area (Å²) in [6, 6.07) is 7.37. The summed E-state index contributed by atoms with van der Waals surface area (Å²) in [6.45, 7) is 2.11. The molecule has 3 rings (SSSR count). The Balaban J connectivity index is 2.15. The standard InChI is InChI=1S/C19H18F3N3O3/c1-3-4-8-28-18(26)14-11-23-25-16(19(20,21)22)10-15(24-17(14)25)12-6-5-7-13(9-12)27-2/h5-7,9-11H,3-4,8H2,1-2H3. The molecule has 28 heavy (non-hydrogen) atoms. The fourth-order valence-electron chi connectivity index (χ4n) is 2.63. The highest BCUT2D eigenvalue weighted by atomic mass is 19.4. The monoisotopic (exact) mass is 393 g/mol. The van der Waals surface area contributed by atoms with E-state index in [-0.39, 0.29) is 23.5 Å². The van der Waals surface area contributed by atoms with Gasteiger partial charge in [0.2, 0.25) is 0 Å². The molecule has 148 valence electrons. The van der Waals surface area contributed by atoms with E-state index in [4.69, 9.17) is 9.47 Å². The predicted molar refractivity (Wildman–Crippen MR) is 95.2 cm³/mol. The molecule has 0 aliphatic heterocycles. The van der Waals surface area contributed by atoms with Crippen molar-refractivity contribution < 1.29 is 27.4 Å². The molecule has 0 aliphatic carbocycles. The smallest absolute Gasteiger partial charge is 0.433 e. The number of methoxy groups -OCH3 is 1. The van der Waals surface area contributed by atoms with Crippen LogP contribution in [-0.2, 0) is 10.9 Å². The van der Waals surface area contributed by atoms with Crippen LogP contribution in [0.3, 0.4) is 0 Å². The van der Waals surface area contributed by atoms with Crippen LogP contribution in [0.2, 0.25) is 0 Å². The minimum Gasteiger partial charge on any atom is -0.497 e. The lowest BCUT2D eigenvalue weighted by molar-refractivity contribution is -0.142. The van der Waals surface area contributed by atoms with Gasteiger partial charge in [0.25, 0.3) is 0 Å². The van der Waals surface area contributed by atoms with Crippen molar-refractivity contribution in [2.45, 2.75) is 25.9 Å². The number of hydrogen-bond donors (Lipinski definition) is 0. The van der Waals surface area contributed by atoms with Crippen LogP contribution in [0.25, 0.3) is 16.9 Å². The molecule has 0 N–H and O–H groups in total. The number of fused-ring (bicyclic) bond motifs is 1. The first kappa shape index (κ1) is 19.7. The summed E-state index contributed by atoms with van der Waals surface area (Å²) >= 11 is 0. The van der Waals surface area contributed by atoms with Crippen LogP contribution in [0.15, 0.2) is 36.5 Å². The van der Waals surface area contributed by atoms with Crippen LogP contribution >= 0.6 is 0 Å². The van der Waals surface area contributed by atoms with Gasteiger partial charge in [-0.3, -0.25) is 0 Å². The lowest BCUT2D eigenvalue weighted by atomic mass is 10.1. The van der Waals surface area contributed by atoms with Gasteiger partial charge in [-0.2, -0.15) is 18.3 Å². The number of hydrogen-bond acceptors (Lipinski definition) is 5. The highest BCUT2D eigenvalue weighted by Crippen LogP contribution is 2.33. The molecular weight excluding hydrogens is 375 g/mol. The number of esters is 1. The Hall–Kier alpha value is -3.10. The Bertz CT molecular complexity index is 999. The topological polar surface area (TPSA) is 65.7 Å². The summed E-state index contributed by atoms with van der Waals surface area (Å²) < 4.78 is 51.6. The summed E-state index contributed by atoms with van der Waals surface area (Å²) in [5.41, 5.74) is -0.913. The number of ether oxygens (including phenoxy) is 2. The van der Waals surface area contributed by atoms with Gasteiger partial charge in [-0.05, 0) is 24.6 Å². The lowest BCUT2D eigenvalue weighted by Crippen LogP contribution is -2.14. The van der Waals surface area contributed by atoms with E-state index in [0.29, 0.717) is 22.2 Å². The maximum atomic E-state index is 13.6. The van der Waals surface area contributed by atoms with Crippen LogP contribution in [0, 0.1) is 0 Å². The summed E-state index contributed by atoms with van der Waals surface area (Å²) in [6.07, 6.45) is -2.18. The number of nitrogens with zero attached hydrogens (tertiary/aromatic N) is 3. The summed E-state index contributed by atoms with van der Waals surface area (Å²) in [5.74, 6) is -0.285. The Kier molecular flexibility index (Phi) is 5.53. The first-order valence-electron chi connectivity index (χ1n) is 8.62. The summed E-state index contributed by atoms with van der Waals surface area (Å²) in [5, 5.41) is 3.71. The molecule has 2 aromatic heterocycles. The fraction of sp³-hybridized carbons (Fsp3) is 0.316. The van der Waals surface area contributed by atoms with Gasteiger partial charge in [-0.15, -0.1) is 0 Å². The van der Waals surface area contributed by atoms with E-state index in [0.717, 1.165) is 18.7 Å². The van der Waals surface area contributed by atoms with Gasteiger partial charge >= 0.3 is 12.1 Å². The molecule has 0 radical (unpaired) electrons. The van der Waals surface area contributed by atoms with E-state index in [1.54, 1.807) is 24.3 Å². The minimum absolute atomic E-state index is 0.0434. The molecule has 0 amide bonds. The van der Waals surface area contributed by atoms with E-state index in [1.807, 2.05) is 6.92 Å². The fourth-order valence-corrected chi connectivity index (χ4v) is 2.63. The summed E-state index contributed by atoms with van der Waals surface area (Å²) in [7, 11) is 1.46. The number of aromatic nitrogens is 3. The Morgan fingerprint density at radius 1 is 1.25 bits per heavy atom. The molecular formula is C19H18F3N3O3. The third-order valence-corrected chi connectivity index (χ3v) is 4.08. The van der Waals surface area contributed by atoms with Gasteiger partial charge in [-0.1, -0.05) is 25.5 Å². The van der Waals surface area contributed by atoms with Crippen molar-refractivity contribution in [3.63, 3.8) is 0 Å². The maximum Gasteiger partial charge on any atom is 0.433 e. The van der Waals surface area contributed by atoms with E-state index in [9.17, 15) is 18.0 Å². The van der Waals surface area contributed by atoms with E-state index >= 15 is 0 Å². The average molecular weight is 393 g/mol. The van der Waals surface area contributed by atoms with E-state index in [1.165, 1.54) is 7.11 Å². The van der Waals surface area contributed by atoms with Crippen LogP contribution in [0.4, 0.5) is 13.2 Å². The largest absolute Gasteiger partial charge is 0.497 e. The lowest BCUT2D eigenvalue weighted by Gasteiger charge is -2.12.